The summed E-state index contributed by atoms with van der Waals surface area (Å²) in [4.78, 5) is 12.6. The van der Waals surface area contributed by atoms with E-state index in [-0.39, 0.29) is 12.1 Å². The van der Waals surface area contributed by atoms with E-state index in [1.54, 1.807) is 14.2 Å². The summed E-state index contributed by atoms with van der Waals surface area (Å²) in [6, 6.07) is 11.3. The molecule has 1 N–H and O–H groups in total. The summed E-state index contributed by atoms with van der Waals surface area (Å²) in [5.74, 6) is 1.37. The fourth-order valence-electron chi connectivity index (χ4n) is 4.07. The van der Waals surface area contributed by atoms with Crippen LogP contribution in [0.2, 0.25) is 5.02 Å². The van der Waals surface area contributed by atoms with Gasteiger partial charge in [0.1, 0.15) is 11.5 Å². The van der Waals surface area contributed by atoms with E-state index >= 15 is 0 Å². The van der Waals surface area contributed by atoms with E-state index in [0.717, 1.165) is 39.3 Å². The Balaban J connectivity index is 1.86. The van der Waals surface area contributed by atoms with E-state index < -0.39 is 0 Å². The Morgan fingerprint density at radius 1 is 1.22 bits per heavy atom. The van der Waals surface area contributed by atoms with Crippen LogP contribution in [0.4, 0.5) is 4.79 Å². The van der Waals surface area contributed by atoms with Crippen molar-refractivity contribution in [3.63, 3.8) is 0 Å². The quantitative estimate of drug-likeness (QED) is 0.609. The van der Waals surface area contributed by atoms with Crippen LogP contribution in [0.5, 0.6) is 5.75 Å². The summed E-state index contributed by atoms with van der Waals surface area (Å²) in [5, 5.41) is 13.5. The molecule has 4 rings (SSSR count). The minimum atomic E-state index is -0.270. The number of benzene rings is 2. The molecular weight excluding hydrogens is 428 g/mol. The molecule has 0 aliphatic carbocycles. The van der Waals surface area contributed by atoms with Gasteiger partial charge in [0.15, 0.2) is 0 Å². The second-order valence-electron chi connectivity index (χ2n) is 7.82. The lowest BCUT2D eigenvalue weighted by molar-refractivity contribution is 0.184. The summed E-state index contributed by atoms with van der Waals surface area (Å²) in [7, 11) is 3.19. The Labute approximate surface area is 192 Å². The van der Waals surface area contributed by atoms with Gasteiger partial charge in [-0.25, -0.2) is 9.80 Å². The first kappa shape index (κ1) is 21.9. The zero-order valence-electron chi connectivity index (χ0n) is 18.7. The Hall–Kier alpha value is -3.32. The van der Waals surface area contributed by atoms with E-state index in [9.17, 15) is 4.79 Å². The molecule has 1 atom stereocenters. The van der Waals surface area contributed by atoms with Gasteiger partial charge in [-0.3, -0.25) is 0 Å². The highest BCUT2D eigenvalue weighted by molar-refractivity contribution is 6.32. The molecular formula is C24H25ClN4O3. The molecule has 0 bridgehead atoms. The third-order valence-corrected chi connectivity index (χ3v) is 5.97. The minimum absolute atomic E-state index is 0.154. The Kier molecular flexibility index (Phi) is 5.93. The number of halogens is 1. The normalized spacial score (nSPS) is 15.6. The predicted molar refractivity (Wildman–Crippen MR) is 125 cm³/mol. The molecule has 3 aromatic rings. The lowest BCUT2D eigenvalue weighted by atomic mass is 9.93. The van der Waals surface area contributed by atoms with Gasteiger partial charge in [0.25, 0.3) is 0 Å². The number of hydrazone groups is 1. The number of methoxy groups -OCH3 is 1. The lowest BCUT2D eigenvalue weighted by Crippen LogP contribution is -2.41. The van der Waals surface area contributed by atoms with E-state index in [0.29, 0.717) is 22.9 Å². The maximum absolute atomic E-state index is 12.6. The topological polar surface area (TPSA) is 80.0 Å². The zero-order valence-corrected chi connectivity index (χ0v) is 19.4. The molecule has 0 unspecified atom stereocenters. The molecule has 2 aromatic carbocycles. The molecule has 0 radical (unpaired) electrons. The SMILES string of the molecule is CNC(=O)N1N=C(c2ccc(-c3c(C)noc3C)cc2)c2cc(Cl)c(OC)cc2C[C@H]1C. The van der Waals surface area contributed by atoms with Gasteiger partial charge < -0.3 is 14.6 Å². The summed E-state index contributed by atoms with van der Waals surface area (Å²) < 4.78 is 10.7. The van der Waals surface area contributed by atoms with Crippen LogP contribution in [0, 0.1) is 13.8 Å². The summed E-state index contributed by atoms with van der Waals surface area (Å²) in [6.45, 7) is 5.78. The van der Waals surface area contributed by atoms with Crippen LogP contribution in [0.15, 0.2) is 46.0 Å². The highest BCUT2D eigenvalue weighted by Crippen LogP contribution is 2.34. The second kappa shape index (κ2) is 8.67. The molecule has 7 nitrogen and oxygen atoms in total. The van der Waals surface area contributed by atoms with Gasteiger partial charge in [0.2, 0.25) is 0 Å². The standard InChI is InChI=1S/C24H25ClN4O3/c1-13-10-18-11-21(31-5)20(25)12-19(18)23(27-29(13)24(30)26-4)17-8-6-16(7-9-17)22-14(2)28-32-15(22)3/h6-9,11-13H,10H2,1-5H3,(H,26,30)/t13-/m1/s1. The molecule has 32 heavy (non-hydrogen) atoms. The van der Waals surface area contributed by atoms with Crippen molar-refractivity contribution in [1.29, 1.82) is 0 Å². The molecule has 0 saturated heterocycles. The van der Waals surface area contributed by atoms with Gasteiger partial charge in [-0.1, -0.05) is 41.0 Å². The van der Waals surface area contributed by atoms with Gasteiger partial charge in [-0.15, -0.1) is 0 Å². The summed E-state index contributed by atoms with van der Waals surface area (Å²) in [5.41, 5.74) is 6.24. The number of hydrogen-bond donors (Lipinski definition) is 1. The number of aryl methyl sites for hydroxylation is 2. The van der Waals surface area contributed by atoms with Crippen molar-refractivity contribution in [2.75, 3.05) is 14.2 Å². The maximum Gasteiger partial charge on any atom is 0.337 e. The Bertz CT molecular complexity index is 1180. The summed E-state index contributed by atoms with van der Waals surface area (Å²) in [6.07, 6.45) is 0.612. The van der Waals surface area contributed by atoms with Crippen molar-refractivity contribution in [2.45, 2.75) is 33.2 Å². The number of aromatic nitrogens is 1. The maximum atomic E-state index is 12.6. The highest BCUT2D eigenvalue weighted by Gasteiger charge is 2.28. The number of nitrogens with zero attached hydrogens (tertiary/aromatic N) is 3. The molecule has 1 aliphatic rings. The van der Waals surface area contributed by atoms with Crippen molar-refractivity contribution >= 4 is 23.3 Å². The summed E-state index contributed by atoms with van der Waals surface area (Å²) >= 11 is 6.47. The van der Waals surface area contributed by atoms with Gasteiger partial charge >= 0.3 is 6.03 Å². The third kappa shape index (κ3) is 3.84. The van der Waals surface area contributed by atoms with Gasteiger partial charge in [-0.05, 0) is 50.5 Å². The Morgan fingerprint density at radius 3 is 2.50 bits per heavy atom. The van der Waals surface area contributed by atoms with Crippen LogP contribution in [0.25, 0.3) is 11.1 Å². The third-order valence-electron chi connectivity index (χ3n) is 5.68. The number of urea groups is 1. The number of nitrogens with one attached hydrogen (secondary N) is 1. The number of carbonyl (C=O) groups excluding carboxylic acids is 1. The van der Waals surface area contributed by atoms with Crippen molar-refractivity contribution < 1.29 is 14.1 Å². The van der Waals surface area contributed by atoms with Crippen LogP contribution < -0.4 is 10.1 Å². The van der Waals surface area contributed by atoms with Crippen LogP contribution in [0.3, 0.4) is 0 Å². The fraction of sp³-hybridized carbons (Fsp3) is 0.292. The molecule has 1 aromatic heterocycles. The van der Waals surface area contributed by atoms with Crippen molar-refractivity contribution in [3.05, 3.63) is 69.6 Å². The van der Waals surface area contributed by atoms with E-state index in [2.05, 4.69) is 10.5 Å². The molecule has 1 aliphatic heterocycles. The number of rotatable bonds is 3. The van der Waals surface area contributed by atoms with Crippen LogP contribution in [-0.4, -0.2) is 42.1 Å². The first-order valence-corrected chi connectivity index (χ1v) is 10.7. The fourth-order valence-corrected chi connectivity index (χ4v) is 4.31. The number of fused-ring (bicyclic) bond motifs is 1. The molecule has 2 amide bonds. The second-order valence-corrected chi connectivity index (χ2v) is 8.23. The predicted octanol–water partition coefficient (Wildman–Crippen LogP) is 4.96. The number of hydrogen-bond acceptors (Lipinski definition) is 5. The molecule has 0 spiro atoms. The molecule has 0 fully saturated rings. The van der Waals surface area contributed by atoms with Gasteiger partial charge in [-0.2, -0.15) is 5.10 Å². The van der Waals surface area contributed by atoms with E-state index in [1.165, 1.54) is 5.01 Å². The van der Waals surface area contributed by atoms with Crippen molar-refractivity contribution in [2.24, 2.45) is 5.10 Å². The largest absolute Gasteiger partial charge is 0.495 e. The molecule has 8 heteroatoms. The number of amides is 2. The monoisotopic (exact) mass is 452 g/mol. The molecule has 0 saturated carbocycles. The molecule has 2 heterocycles. The first-order chi connectivity index (χ1) is 15.3. The highest BCUT2D eigenvalue weighted by atomic mass is 35.5. The van der Waals surface area contributed by atoms with Gasteiger partial charge in [0, 0.05) is 23.7 Å². The smallest absolute Gasteiger partial charge is 0.337 e. The molecule has 166 valence electrons. The van der Waals surface area contributed by atoms with Gasteiger partial charge in [0.05, 0.1) is 29.6 Å². The van der Waals surface area contributed by atoms with E-state index in [4.69, 9.17) is 26.0 Å². The lowest BCUT2D eigenvalue weighted by Gasteiger charge is -2.22. The Morgan fingerprint density at radius 2 is 1.91 bits per heavy atom. The van der Waals surface area contributed by atoms with Crippen LogP contribution >= 0.6 is 11.6 Å². The zero-order chi connectivity index (χ0) is 23.0. The first-order valence-electron chi connectivity index (χ1n) is 10.3. The van der Waals surface area contributed by atoms with Crippen molar-refractivity contribution in [3.8, 4) is 16.9 Å². The van der Waals surface area contributed by atoms with Crippen molar-refractivity contribution in [1.82, 2.24) is 15.5 Å². The van der Waals surface area contributed by atoms with Crippen LogP contribution in [0.1, 0.15) is 35.1 Å². The van der Waals surface area contributed by atoms with E-state index in [1.807, 2.05) is 57.2 Å². The minimum Gasteiger partial charge on any atom is -0.495 e. The number of ether oxygens (including phenoxy) is 1. The number of carbonyl (C=O) groups is 1. The average molecular weight is 453 g/mol. The average Bonchev–Trinajstić information content (AvgIpc) is 3.05. The van der Waals surface area contributed by atoms with Crippen LogP contribution in [-0.2, 0) is 6.42 Å².